The summed E-state index contributed by atoms with van der Waals surface area (Å²) in [6.07, 6.45) is 6.31. The van der Waals surface area contributed by atoms with Gasteiger partial charge in [-0.3, -0.25) is 9.97 Å². The van der Waals surface area contributed by atoms with Gasteiger partial charge in [-0.25, -0.2) is 0 Å². The largest absolute Gasteiger partial charge is 0.485 e. The molecule has 1 aliphatic rings. The Balaban J connectivity index is 1.53. The Morgan fingerprint density at radius 1 is 1.25 bits per heavy atom. The van der Waals surface area contributed by atoms with Crippen molar-refractivity contribution in [3.8, 4) is 5.75 Å². The van der Waals surface area contributed by atoms with Crippen molar-refractivity contribution >= 4 is 0 Å². The average molecular weight is 269 g/mol. The van der Waals surface area contributed by atoms with E-state index in [-0.39, 0.29) is 0 Å². The van der Waals surface area contributed by atoms with Crippen LogP contribution in [-0.2, 0) is 13.2 Å². The van der Waals surface area contributed by atoms with Crippen LogP contribution in [0.15, 0.2) is 36.7 Å². The molecule has 0 spiro atoms. The van der Waals surface area contributed by atoms with E-state index < -0.39 is 0 Å². The van der Waals surface area contributed by atoms with Gasteiger partial charge in [0.15, 0.2) is 0 Å². The van der Waals surface area contributed by atoms with Crippen molar-refractivity contribution in [1.29, 1.82) is 0 Å². The van der Waals surface area contributed by atoms with Crippen LogP contribution in [0.1, 0.15) is 29.8 Å². The predicted molar refractivity (Wildman–Crippen MR) is 77.4 cm³/mol. The summed E-state index contributed by atoms with van der Waals surface area (Å²) in [6, 6.07) is 8.66. The molecule has 0 amide bonds. The molecule has 0 radical (unpaired) electrons. The fourth-order valence-corrected chi connectivity index (χ4v) is 1.97. The molecule has 0 aromatic carbocycles. The topological polar surface area (TPSA) is 47.0 Å². The quantitative estimate of drug-likeness (QED) is 0.875. The van der Waals surface area contributed by atoms with Gasteiger partial charge in [0.1, 0.15) is 12.4 Å². The molecule has 4 heteroatoms. The van der Waals surface area contributed by atoms with Crippen molar-refractivity contribution in [2.75, 3.05) is 0 Å². The van der Waals surface area contributed by atoms with E-state index in [2.05, 4.69) is 21.4 Å². The molecule has 0 atom stereocenters. The molecule has 0 aliphatic heterocycles. The normalized spacial score (nSPS) is 14.2. The highest BCUT2D eigenvalue weighted by atomic mass is 16.5. The van der Waals surface area contributed by atoms with E-state index in [0.29, 0.717) is 6.61 Å². The van der Waals surface area contributed by atoms with Crippen LogP contribution in [0.5, 0.6) is 5.75 Å². The second-order valence-electron chi connectivity index (χ2n) is 5.19. The molecule has 0 unspecified atom stereocenters. The summed E-state index contributed by atoms with van der Waals surface area (Å²) in [7, 11) is 0. The molecule has 2 heterocycles. The zero-order chi connectivity index (χ0) is 13.8. The molecule has 2 aromatic rings. The Bertz CT molecular complexity index is 564. The molecule has 2 aromatic heterocycles. The van der Waals surface area contributed by atoms with Gasteiger partial charge in [0, 0.05) is 25.0 Å². The molecule has 0 saturated heterocycles. The number of rotatable bonds is 6. The summed E-state index contributed by atoms with van der Waals surface area (Å²) in [6.45, 7) is 3.32. The number of ether oxygens (including phenoxy) is 1. The van der Waals surface area contributed by atoms with Crippen molar-refractivity contribution in [3.63, 3.8) is 0 Å². The molecule has 104 valence electrons. The molecule has 1 saturated carbocycles. The van der Waals surface area contributed by atoms with E-state index in [1.807, 2.05) is 31.3 Å². The smallest absolute Gasteiger partial charge is 0.141 e. The SMILES string of the molecule is Cc1ncccc1OCc1ccc(CNC2CC2)cn1. The lowest BCUT2D eigenvalue weighted by Gasteiger charge is -2.08. The van der Waals surface area contributed by atoms with Crippen LogP contribution in [-0.4, -0.2) is 16.0 Å². The first-order valence-electron chi connectivity index (χ1n) is 7.03. The second-order valence-corrected chi connectivity index (χ2v) is 5.19. The fraction of sp³-hybridized carbons (Fsp3) is 0.375. The Morgan fingerprint density at radius 2 is 2.15 bits per heavy atom. The minimum atomic E-state index is 0.475. The van der Waals surface area contributed by atoms with E-state index in [1.54, 1.807) is 6.20 Å². The zero-order valence-corrected chi connectivity index (χ0v) is 11.7. The number of pyridine rings is 2. The maximum absolute atomic E-state index is 5.73. The Hall–Kier alpha value is -1.94. The minimum Gasteiger partial charge on any atom is -0.485 e. The maximum Gasteiger partial charge on any atom is 0.141 e. The van der Waals surface area contributed by atoms with E-state index >= 15 is 0 Å². The second kappa shape index (κ2) is 6.01. The van der Waals surface area contributed by atoms with Crippen molar-refractivity contribution in [3.05, 3.63) is 53.6 Å². The molecular weight excluding hydrogens is 250 g/mol. The Kier molecular flexibility index (Phi) is 3.92. The lowest BCUT2D eigenvalue weighted by Crippen LogP contribution is -2.15. The van der Waals surface area contributed by atoms with Crippen LogP contribution in [0.4, 0.5) is 0 Å². The Morgan fingerprint density at radius 3 is 2.85 bits per heavy atom. The molecule has 1 aliphatic carbocycles. The van der Waals surface area contributed by atoms with Gasteiger partial charge in [0.05, 0.1) is 11.4 Å². The van der Waals surface area contributed by atoms with Crippen LogP contribution >= 0.6 is 0 Å². The van der Waals surface area contributed by atoms with Crippen LogP contribution in [0, 0.1) is 6.92 Å². The molecule has 3 rings (SSSR count). The standard InChI is InChI=1S/C16H19N3O/c1-12-16(3-2-8-17-12)20-11-15-5-4-13(10-19-15)9-18-14-6-7-14/h2-5,8,10,14,18H,6-7,9,11H2,1H3. The maximum atomic E-state index is 5.73. The van der Waals surface area contributed by atoms with Crippen molar-refractivity contribution in [2.24, 2.45) is 0 Å². The summed E-state index contributed by atoms with van der Waals surface area (Å²) < 4.78 is 5.73. The monoisotopic (exact) mass is 269 g/mol. The van der Waals surface area contributed by atoms with E-state index in [9.17, 15) is 0 Å². The lowest BCUT2D eigenvalue weighted by molar-refractivity contribution is 0.297. The molecule has 20 heavy (non-hydrogen) atoms. The first-order chi connectivity index (χ1) is 9.81. The van der Waals surface area contributed by atoms with Crippen LogP contribution < -0.4 is 10.1 Å². The molecule has 4 nitrogen and oxygen atoms in total. The lowest BCUT2D eigenvalue weighted by atomic mass is 10.2. The van der Waals surface area contributed by atoms with E-state index in [0.717, 1.165) is 29.7 Å². The first kappa shape index (κ1) is 13.1. The highest BCUT2D eigenvalue weighted by molar-refractivity contribution is 5.25. The fourth-order valence-electron chi connectivity index (χ4n) is 1.97. The number of nitrogens with one attached hydrogen (secondary N) is 1. The van der Waals surface area contributed by atoms with Gasteiger partial charge >= 0.3 is 0 Å². The van der Waals surface area contributed by atoms with Gasteiger partial charge in [0.2, 0.25) is 0 Å². The van der Waals surface area contributed by atoms with Gasteiger partial charge in [-0.2, -0.15) is 0 Å². The van der Waals surface area contributed by atoms with Crippen molar-refractivity contribution in [1.82, 2.24) is 15.3 Å². The van der Waals surface area contributed by atoms with Crippen LogP contribution in [0.2, 0.25) is 0 Å². The first-order valence-corrected chi connectivity index (χ1v) is 7.03. The summed E-state index contributed by atoms with van der Waals surface area (Å²) in [5, 5.41) is 3.48. The molecule has 0 bridgehead atoms. The molecular formula is C16H19N3O. The van der Waals surface area contributed by atoms with E-state index in [1.165, 1.54) is 18.4 Å². The highest BCUT2D eigenvalue weighted by Gasteiger charge is 2.19. The summed E-state index contributed by atoms with van der Waals surface area (Å²) >= 11 is 0. The van der Waals surface area contributed by atoms with Gasteiger partial charge < -0.3 is 10.1 Å². The Labute approximate surface area is 119 Å². The highest BCUT2D eigenvalue weighted by Crippen LogP contribution is 2.19. The number of hydrogen-bond donors (Lipinski definition) is 1. The molecule has 1 N–H and O–H groups in total. The van der Waals surface area contributed by atoms with Crippen molar-refractivity contribution < 1.29 is 4.74 Å². The van der Waals surface area contributed by atoms with Crippen LogP contribution in [0.25, 0.3) is 0 Å². The zero-order valence-electron chi connectivity index (χ0n) is 11.7. The predicted octanol–water partition coefficient (Wildman–Crippen LogP) is 2.62. The third-order valence-corrected chi connectivity index (χ3v) is 3.39. The van der Waals surface area contributed by atoms with Gasteiger partial charge in [-0.15, -0.1) is 0 Å². The van der Waals surface area contributed by atoms with Crippen LogP contribution in [0.3, 0.4) is 0 Å². The van der Waals surface area contributed by atoms with Gasteiger partial charge in [-0.05, 0) is 43.5 Å². The average Bonchev–Trinajstić information content (AvgIpc) is 3.30. The summed E-state index contributed by atoms with van der Waals surface area (Å²) in [4.78, 5) is 8.63. The van der Waals surface area contributed by atoms with E-state index in [4.69, 9.17) is 4.74 Å². The third kappa shape index (κ3) is 3.54. The minimum absolute atomic E-state index is 0.475. The number of aromatic nitrogens is 2. The molecule has 1 fully saturated rings. The summed E-state index contributed by atoms with van der Waals surface area (Å²) in [5.74, 6) is 0.814. The number of aryl methyl sites for hydroxylation is 1. The van der Waals surface area contributed by atoms with Gasteiger partial charge in [-0.1, -0.05) is 6.07 Å². The van der Waals surface area contributed by atoms with Crippen molar-refractivity contribution in [2.45, 2.75) is 39.0 Å². The number of hydrogen-bond acceptors (Lipinski definition) is 4. The number of nitrogens with zero attached hydrogens (tertiary/aromatic N) is 2. The summed E-state index contributed by atoms with van der Waals surface area (Å²) in [5.41, 5.74) is 3.05. The van der Waals surface area contributed by atoms with Gasteiger partial charge in [0.25, 0.3) is 0 Å². The third-order valence-electron chi connectivity index (χ3n) is 3.39.